The molecule has 5 aromatic rings. The fourth-order valence-corrected chi connectivity index (χ4v) is 3.85. The first-order valence-electron chi connectivity index (χ1n) is 11.3. The number of benzene rings is 3. The van der Waals surface area contributed by atoms with Crippen molar-refractivity contribution in [3.63, 3.8) is 0 Å². The van der Waals surface area contributed by atoms with Crippen molar-refractivity contribution in [1.82, 2.24) is 24.9 Å². The van der Waals surface area contributed by atoms with Crippen LogP contribution in [0.15, 0.2) is 104 Å². The van der Waals surface area contributed by atoms with Gasteiger partial charge in [0.25, 0.3) is 5.91 Å². The topological polar surface area (TPSA) is 108 Å². The maximum atomic E-state index is 12.9. The lowest BCUT2D eigenvalue weighted by atomic mass is 10.1. The molecule has 0 aliphatic rings. The van der Waals surface area contributed by atoms with Crippen LogP contribution >= 0.6 is 0 Å². The largest absolute Gasteiger partial charge is 0.348 e. The number of para-hydroxylation sites is 1. The maximum Gasteiger partial charge on any atom is 0.307 e. The van der Waals surface area contributed by atoms with Gasteiger partial charge in [-0.25, -0.2) is 4.68 Å². The Morgan fingerprint density at radius 1 is 0.917 bits per heavy atom. The van der Waals surface area contributed by atoms with E-state index in [1.54, 1.807) is 12.1 Å². The van der Waals surface area contributed by atoms with Crippen LogP contribution in [0.2, 0.25) is 0 Å². The van der Waals surface area contributed by atoms with Crippen LogP contribution in [0.25, 0.3) is 16.9 Å². The molecule has 0 unspecified atom stereocenters. The van der Waals surface area contributed by atoms with E-state index in [0.29, 0.717) is 18.7 Å². The number of aromatic nitrogens is 4. The molecule has 9 nitrogen and oxygen atoms in total. The molecule has 2 heterocycles. The normalized spacial score (nSPS) is 10.8. The number of hydrogen-bond acceptors (Lipinski definition) is 5. The van der Waals surface area contributed by atoms with Crippen LogP contribution in [0, 0.1) is 10.1 Å². The summed E-state index contributed by atoms with van der Waals surface area (Å²) in [6.07, 6.45) is 4.52. The second-order valence-electron chi connectivity index (χ2n) is 8.18. The molecule has 0 saturated heterocycles. The smallest absolute Gasteiger partial charge is 0.307 e. The fraction of sp³-hybridized carbons (Fsp3) is 0.0741. The number of nitrogens with one attached hydrogen (secondary N) is 1. The van der Waals surface area contributed by atoms with E-state index in [9.17, 15) is 14.9 Å². The zero-order valence-corrected chi connectivity index (χ0v) is 19.2. The number of hydrogen-bond donors (Lipinski definition) is 1. The second-order valence-corrected chi connectivity index (χ2v) is 8.18. The zero-order chi connectivity index (χ0) is 24.9. The van der Waals surface area contributed by atoms with Gasteiger partial charge in [-0.15, -0.1) is 0 Å². The minimum Gasteiger partial charge on any atom is -0.348 e. The van der Waals surface area contributed by atoms with Gasteiger partial charge in [0.15, 0.2) is 0 Å². The van der Waals surface area contributed by atoms with Crippen LogP contribution in [-0.4, -0.2) is 30.4 Å². The molecule has 0 atom stereocenters. The van der Waals surface area contributed by atoms with Gasteiger partial charge in [-0.05, 0) is 29.8 Å². The molecule has 0 radical (unpaired) electrons. The van der Waals surface area contributed by atoms with E-state index >= 15 is 0 Å². The van der Waals surface area contributed by atoms with Crippen LogP contribution in [-0.2, 0) is 13.1 Å². The average molecular weight is 479 g/mol. The van der Waals surface area contributed by atoms with Crippen LogP contribution in [0.4, 0.5) is 5.69 Å². The Labute approximate surface area is 206 Å². The van der Waals surface area contributed by atoms with Crippen LogP contribution in [0.3, 0.4) is 0 Å². The molecule has 1 amide bonds. The first-order chi connectivity index (χ1) is 17.6. The number of nitrogens with zero attached hydrogens (tertiary/aromatic N) is 5. The predicted molar refractivity (Wildman–Crippen MR) is 135 cm³/mol. The molecule has 9 heteroatoms. The van der Waals surface area contributed by atoms with Crippen molar-refractivity contribution >= 4 is 11.6 Å². The molecule has 0 aliphatic heterocycles. The number of amides is 1. The molecule has 178 valence electrons. The summed E-state index contributed by atoms with van der Waals surface area (Å²) in [5.74, 6) is -0.206. The van der Waals surface area contributed by atoms with Gasteiger partial charge >= 0.3 is 5.69 Å². The summed E-state index contributed by atoms with van der Waals surface area (Å²) < 4.78 is 3.31. The summed E-state index contributed by atoms with van der Waals surface area (Å²) in [6.45, 7) is 0.684. The Morgan fingerprint density at radius 2 is 1.61 bits per heavy atom. The Kier molecular flexibility index (Phi) is 6.35. The van der Waals surface area contributed by atoms with Crippen LogP contribution in [0.1, 0.15) is 21.5 Å². The van der Waals surface area contributed by atoms with Crippen molar-refractivity contribution < 1.29 is 9.72 Å². The zero-order valence-electron chi connectivity index (χ0n) is 19.2. The van der Waals surface area contributed by atoms with E-state index in [4.69, 9.17) is 5.10 Å². The molecule has 1 N–H and O–H groups in total. The van der Waals surface area contributed by atoms with E-state index in [2.05, 4.69) is 10.4 Å². The minimum atomic E-state index is -0.482. The molecule has 0 fully saturated rings. The van der Waals surface area contributed by atoms with E-state index in [0.717, 1.165) is 28.1 Å². The van der Waals surface area contributed by atoms with Gasteiger partial charge in [0.2, 0.25) is 0 Å². The quantitative estimate of drug-likeness (QED) is 0.259. The van der Waals surface area contributed by atoms with Crippen molar-refractivity contribution in [2.75, 3.05) is 0 Å². The van der Waals surface area contributed by atoms with E-state index < -0.39 is 4.92 Å². The highest BCUT2D eigenvalue weighted by Crippen LogP contribution is 2.23. The third-order valence-corrected chi connectivity index (χ3v) is 5.69. The Morgan fingerprint density at radius 3 is 2.28 bits per heavy atom. The summed E-state index contributed by atoms with van der Waals surface area (Å²) in [6, 6.07) is 26.8. The van der Waals surface area contributed by atoms with Gasteiger partial charge < -0.3 is 5.32 Å². The molecule has 36 heavy (non-hydrogen) atoms. The Hall–Kier alpha value is -5.05. The van der Waals surface area contributed by atoms with Gasteiger partial charge in [-0.2, -0.15) is 10.2 Å². The SMILES string of the molecule is O=C(NCc1cn(-c2ccccc2)nc1-c1ccccc1)c1ccc(Cn2cc([N+](=O)[O-])cn2)cc1. The minimum absolute atomic E-state index is 0.0588. The summed E-state index contributed by atoms with van der Waals surface area (Å²) >= 11 is 0. The Balaban J connectivity index is 1.29. The fourth-order valence-electron chi connectivity index (χ4n) is 3.85. The van der Waals surface area contributed by atoms with Crippen molar-refractivity contribution in [3.05, 3.63) is 130 Å². The highest BCUT2D eigenvalue weighted by atomic mass is 16.6. The monoisotopic (exact) mass is 478 g/mol. The number of carbonyl (C=O) groups is 1. The lowest BCUT2D eigenvalue weighted by Gasteiger charge is -2.07. The number of rotatable bonds is 8. The van der Waals surface area contributed by atoms with Gasteiger partial charge in [0.05, 0.1) is 22.8 Å². The van der Waals surface area contributed by atoms with Crippen molar-refractivity contribution in [1.29, 1.82) is 0 Å². The summed E-state index contributed by atoms with van der Waals surface area (Å²) in [5.41, 5.74) is 4.95. The molecular weight excluding hydrogens is 456 g/mol. The standard InChI is InChI=1S/C27H22N6O3/c34-27(22-13-11-20(12-14-22)17-31-19-25(16-29-31)33(35)36)28-15-23-18-32(24-9-5-2-6-10-24)30-26(23)21-7-3-1-4-8-21/h1-14,16,18-19H,15,17H2,(H,28,34). The van der Waals surface area contributed by atoms with Crippen molar-refractivity contribution in [2.45, 2.75) is 13.1 Å². The molecule has 3 aromatic carbocycles. The molecule has 5 rings (SSSR count). The van der Waals surface area contributed by atoms with E-state index in [-0.39, 0.29) is 11.6 Å². The van der Waals surface area contributed by atoms with E-state index in [1.807, 2.05) is 83.7 Å². The second kappa shape index (κ2) is 10.1. The molecule has 0 saturated carbocycles. The Bertz CT molecular complexity index is 1490. The highest BCUT2D eigenvalue weighted by Gasteiger charge is 2.14. The van der Waals surface area contributed by atoms with Gasteiger partial charge in [0, 0.05) is 29.4 Å². The third-order valence-electron chi connectivity index (χ3n) is 5.69. The molecule has 0 spiro atoms. The van der Waals surface area contributed by atoms with Crippen molar-refractivity contribution in [3.8, 4) is 16.9 Å². The van der Waals surface area contributed by atoms with Gasteiger partial charge in [-0.1, -0.05) is 60.7 Å². The maximum absolute atomic E-state index is 12.9. The number of carbonyl (C=O) groups excluding carboxylic acids is 1. The van der Waals surface area contributed by atoms with Gasteiger partial charge in [0.1, 0.15) is 12.4 Å². The van der Waals surface area contributed by atoms with Crippen LogP contribution < -0.4 is 5.32 Å². The molecular formula is C27H22N6O3. The summed E-state index contributed by atoms with van der Waals surface area (Å²) in [7, 11) is 0. The molecule has 0 bridgehead atoms. The van der Waals surface area contributed by atoms with Crippen LogP contribution in [0.5, 0.6) is 0 Å². The van der Waals surface area contributed by atoms with E-state index in [1.165, 1.54) is 17.1 Å². The van der Waals surface area contributed by atoms with Gasteiger partial charge in [-0.3, -0.25) is 19.6 Å². The lowest BCUT2D eigenvalue weighted by molar-refractivity contribution is -0.385. The average Bonchev–Trinajstić information content (AvgIpc) is 3.56. The predicted octanol–water partition coefficient (Wildman–Crippen LogP) is 4.62. The first-order valence-corrected chi connectivity index (χ1v) is 11.3. The summed E-state index contributed by atoms with van der Waals surface area (Å²) in [5, 5.41) is 22.6. The molecule has 0 aliphatic carbocycles. The van der Waals surface area contributed by atoms with Crippen molar-refractivity contribution in [2.24, 2.45) is 0 Å². The highest BCUT2D eigenvalue weighted by molar-refractivity contribution is 5.94. The lowest BCUT2D eigenvalue weighted by Crippen LogP contribution is -2.22. The first kappa shape index (κ1) is 22.7. The summed E-state index contributed by atoms with van der Waals surface area (Å²) in [4.78, 5) is 23.2. The molecule has 2 aromatic heterocycles. The number of nitro groups is 1. The third kappa shape index (κ3) is 5.05.